The molecule has 1 unspecified atom stereocenters. The molecule has 0 bridgehead atoms. The minimum absolute atomic E-state index is 0.0400. The van der Waals surface area contributed by atoms with Crippen molar-refractivity contribution in [1.29, 1.82) is 0 Å². The van der Waals surface area contributed by atoms with Gasteiger partial charge in [0.05, 0.1) is 11.9 Å². The topological polar surface area (TPSA) is 50.2 Å². The van der Waals surface area contributed by atoms with E-state index in [0.29, 0.717) is 6.04 Å². The predicted molar refractivity (Wildman–Crippen MR) is 64.3 cm³/mol. The summed E-state index contributed by atoms with van der Waals surface area (Å²) in [4.78, 5) is 13.0. The van der Waals surface area contributed by atoms with Gasteiger partial charge in [-0.15, -0.1) is 0 Å². The summed E-state index contributed by atoms with van der Waals surface area (Å²) in [6.07, 6.45) is 4.66. The van der Waals surface area contributed by atoms with Crippen LogP contribution in [-0.2, 0) is 11.3 Å². The first-order chi connectivity index (χ1) is 7.52. The van der Waals surface area contributed by atoms with Crippen LogP contribution in [0.3, 0.4) is 0 Å². The van der Waals surface area contributed by atoms with E-state index in [-0.39, 0.29) is 12.5 Å². The van der Waals surface area contributed by atoms with E-state index in [1.165, 1.54) is 0 Å². The molecule has 0 saturated heterocycles. The highest BCUT2D eigenvalue weighted by atomic mass is 16.2. The Bertz CT molecular complexity index is 346. The van der Waals surface area contributed by atoms with Gasteiger partial charge < -0.3 is 10.2 Å². The lowest BCUT2D eigenvalue weighted by atomic mass is 10.2. The maximum absolute atomic E-state index is 11.4. The zero-order chi connectivity index (χ0) is 12.1. The minimum Gasteiger partial charge on any atom is -0.380 e. The Morgan fingerprint density at radius 1 is 1.62 bits per heavy atom. The zero-order valence-corrected chi connectivity index (χ0v) is 10.4. The van der Waals surface area contributed by atoms with Gasteiger partial charge in [-0.2, -0.15) is 5.10 Å². The van der Waals surface area contributed by atoms with Gasteiger partial charge in [0.25, 0.3) is 0 Å². The van der Waals surface area contributed by atoms with Crippen molar-refractivity contribution in [1.82, 2.24) is 14.7 Å². The van der Waals surface area contributed by atoms with Crippen molar-refractivity contribution < 1.29 is 4.79 Å². The number of anilines is 1. The summed E-state index contributed by atoms with van der Waals surface area (Å²) in [5.41, 5.74) is 0.959. The first-order valence-corrected chi connectivity index (χ1v) is 5.52. The number of aromatic nitrogens is 2. The van der Waals surface area contributed by atoms with Crippen molar-refractivity contribution in [2.75, 3.05) is 19.4 Å². The van der Waals surface area contributed by atoms with Crippen molar-refractivity contribution in [3.8, 4) is 0 Å². The third-order valence-electron chi connectivity index (χ3n) is 2.45. The summed E-state index contributed by atoms with van der Waals surface area (Å²) in [5.74, 6) is 0.0400. The minimum atomic E-state index is 0.0400. The van der Waals surface area contributed by atoms with Crippen LogP contribution in [0.15, 0.2) is 12.4 Å². The molecule has 0 radical (unpaired) electrons. The highest BCUT2D eigenvalue weighted by Gasteiger charge is 2.07. The van der Waals surface area contributed by atoms with Crippen LogP contribution < -0.4 is 5.32 Å². The van der Waals surface area contributed by atoms with E-state index < -0.39 is 0 Å². The third kappa shape index (κ3) is 3.56. The highest BCUT2D eigenvalue weighted by Crippen LogP contribution is 2.08. The molecule has 0 aliphatic rings. The van der Waals surface area contributed by atoms with Gasteiger partial charge in [0.2, 0.25) is 5.91 Å². The van der Waals surface area contributed by atoms with Crippen LogP contribution in [-0.4, -0.2) is 40.7 Å². The molecule has 0 spiro atoms. The van der Waals surface area contributed by atoms with Gasteiger partial charge in [-0.25, -0.2) is 0 Å². The van der Waals surface area contributed by atoms with Gasteiger partial charge in [-0.05, 0) is 13.3 Å². The van der Waals surface area contributed by atoms with Crippen molar-refractivity contribution in [3.63, 3.8) is 0 Å². The number of carbonyl (C=O) groups excluding carboxylic acids is 1. The number of nitrogens with one attached hydrogen (secondary N) is 1. The monoisotopic (exact) mass is 224 g/mol. The third-order valence-corrected chi connectivity index (χ3v) is 2.45. The summed E-state index contributed by atoms with van der Waals surface area (Å²) in [6.45, 7) is 4.52. The van der Waals surface area contributed by atoms with Gasteiger partial charge in [0.15, 0.2) is 0 Å². The zero-order valence-electron chi connectivity index (χ0n) is 10.4. The van der Waals surface area contributed by atoms with Gasteiger partial charge in [-0.3, -0.25) is 9.48 Å². The standard InChI is InChI=1S/C11H20N4O/c1-5-9(2)13-10-6-12-15(7-10)8-11(16)14(3)4/h6-7,9,13H,5,8H2,1-4H3. The molecule has 1 N–H and O–H groups in total. The fraction of sp³-hybridized carbons (Fsp3) is 0.636. The number of rotatable bonds is 5. The van der Waals surface area contributed by atoms with Crippen LogP contribution in [0.1, 0.15) is 20.3 Å². The van der Waals surface area contributed by atoms with Gasteiger partial charge in [-0.1, -0.05) is 6.92 Å². The maximum atomic E-state index is 11.4. The highest BCUT2D eigenvalue weighted by molar-refractivity contribution is 5.75. The Kier molecular flexibility index (Phi) is 4.34. The van der Waals surface area contributed by atoms with E-state index in [1.54, 1.807) is 29.9 Å². The number of amides is 1. The van der Waals surface area contributed by atoms with Crippen LogP contribution in [0.5, 0.6) is 0 Å². The van der Waals surface area contributed by atoms with E-state index in [0.717, 1.165) is 12.1 Å². The molecule has 1 rings (SSSR count). The SMILES string of the molecule is CCC(C)Nc1cnn(CC(=O)N(C)C)c1. The molecule has 5 nitrogen and oxygen atoms in total. The number of hydrogen-bond donors (Lipinski definition) is 1. The number of hydrogen-bond acceptors (Lipinski definition) is 3. The van der Waals surface area contributed by atoms with Crippen molar-refractivity contribution in [2.24, 2.45) is 0 Å². The second-order valence-electron chi connectivity index (χ2n) is 4.17. The number of carbonyl (C=O) groups is 1. The van der Waals surface area contributed by atoms with Crippen molar-refractivity contribution in [2.45, 2.75) is 32.9 Å². The average molecular weight is 224 g/mol. The van der Waals surface area contributed by atoms with E-state index in [2.05, 4.69) is 24.3 Å². The number of nitrogens with zero attached hydrogens (tertiary/aromatic N) is 3. The Morgan fingerprint density at radius 3 is 2.88 bits per heavy atom. The molecule has 0 aliphatic heterocycles. The molecule has 1 heterocycles. The first-order valence-electron chi connectivity index (χ1n) is 5.52. The summed E-state index contributed by atoms with van der Waals surface area (Å²) in [6, 6.07) is 0.419. The van der Waals surface area contributed by atoms with Crippen LogP contribution >= 0.6 is 0 Å². The summed E-state index contributed by atoms with van der Waals surface area (Å²) in [5, 5.41) is 7.44. The van der Waals surface area contributed by atoms with Crippen LogP contribution in [0.25, 0.3) is 0 Å². The second kappa shape index (κ2) is 5.53. The van der Waals surface area contributed by atoms with Crippen molar-refractivity contribution >= 4 is 11.6 Å². The molecule has 1 atom stereocenters. The molecule has 1 amide bonds. The quantitative estimate of drug-likeness (QED) is 0.817. The molecule has 1 aromatic rings. The lowest BCUT2D eigenvalue weighted by Crippen LogP contribution is -2.26. The van der Waals surface area contributed by atoms with E-state index in [1.807, 2.05) is 6.20 Å². The van der Waals surface area contributed by atoms with E-state index in [4.69, 9.17) is 0 Å². The molecule has 0 aromatic carbocycles. The summed E-state index contributed by atoms with van der Waals surface area (Å²) < 4.78 is 1.65. The van der Waals surface area contributed by atoms with E-state index in [9.17, 15) is 4.79 Å². The normalized spacial score (nSPS) is 12.2. The molecule has 0 saturated carbocycles. The Hall–Kier alpha value is -1.52. The molecule has 5 heteroatoms. The molecular weight excluding hydrogens is 204 g/mol. The molecule has 0 aliphatic carbocycles. The van der Waals surface area contributed by atoms with Gasteiger partial charge in [0.1, 0.15) is 6.54 Å². The van der Waals surface area contributed by atoms with Crippen LogP contribution in [0, 0.1) is 0 Å². The lowest BCUT2D eigenvalue weighted by molar-refractivity contribution is -0.129. The van der Waals surface area contributed by atoms with Gasteiger partial charge >= 0.3 is 0 Å². The maximum Gasteiger partial charge on any atom is 0.243 e. The summed E-state index contributed by atoms with van der Waals surface area (Å²) in [7, 11) is 3.48. The second-order valence-corrected chi connectivity index (χ2v) is 4.17. The Labute approximate surface area is 96.4 Å². The Balaban J connectivity index is 2.54. The molecular formula is C11H20N4O. The molecule has 16 heavy (non-hydrogen) atoms. The summed E-state index contributed by atoms with van der Waals surface area (Å²) >= 11 is 0. The van der Waals surface area contributed by atoms with Crippen LogP contribution in [0.4, 0.5) is 5.69 Å². The first kappa shape index (κ1) is 12.5. The number of likely N-dealkylation sites (N-methyl/N-ethyl adjacent to an activating group) is 1. The fourth-order valence-electron chi connectivity index (χ4n) is 1.19. The lowest BCUT2D eigenvalue weighted by Gasteiger charge is -2.10. The molecule has 90 valence electrons. The fourth-order valence-corrected chi connectivity index (χ4v) is 1.19. The van der Waals surface area contributed by atoms with Gasteiger partial charge in [0, 0.05) is 26.3 Å². The predicted octanol–water partition coefficient (Wildman–Crippen LogP) is 1.18. The van der Waals surface area contributed by atoms with Crippen LogP contribution in [0.2, 0.25) is 0 Å². The smallest absolute Gasteiger partial charge is 0.243 e. The Morgan fingerprint density at radius 2 is 2.31 bits per heavy atom. The van der Waals surface area contributed by atoms with Crippen molar-refractivity contribution in [3.05, 3.63) is 12.4 Å². The largest absolute Gasteiger partial charge is 0.380 e. The molecule has 0 fully saturated rings. The molecule has 1 aromatic heterocycles. The average Bonchev–Trinajstić information content (AvgIpc) is 2.65. The van der Waals surface area contributed by atoms with E-state index >= 15 is 0 Å².